The highest BCUT2D eigenvalue weighted by Gasteiger charge is 2.46. The highest BCUT2D eigenvalue weighted by Crippen LogP contribution is 2.41. The van der Waals surface area contributed by atoms with Gasteiger partial charge in [-0.2, -0.15) is 0 Å². The van der Waals surface area contributed by atoms with Gasteiger partial charge in [-0.15, -0.1) is 0 Å². The third-order valence-corrected chi connectivity index (χ3v) is 7.57. The van der Waals surface area contributed by atoms with E-state index in [1.54, 1.807) is 11.0 Å². The maximum atomic E-state index is 13.4. The van der Waals surface area contributed by atoms with Crippen molar-refractivity contribution in [2.45, 2.75) is 71.9 Å². The first-order valence-corrected chi connectivity index (χ1v) is 13.5. The molecule has 0 spiro atoms. The van der Waals surface area contributed by atoms with Crippen molar-refractivity contribution in [3.63, 3.8) is 0 Å². The summed E-state index contributed by atoms with van der Waals surface area (Å²) in [5.41, 5.74) is 3.67. The van der Waals surface area contributed by atoms with Gasteiger partial charge in [0.15, 0.2) is 0 Å². The number of carbonyl (C=O) groups excluding carboxylic acids is 2. The fraction of sp³-hybridized carbons (Fsp3) is 0.484. The first-order chi connectivity index (χ1) is 17.5. The largest absolute Gasteiger partial charge is 0.507 e. The summed E-state index contributed by atoms with van der Waals surface area (Å²) < 4.78 is 5.80. The second kappa shape index (κ2) is 10.7. The Labute approximate surface area is 220 Å². The van der Waals surface area contributed by atoms with Crippen molar-refractivity contribution in [1.29, 1.82) is 0 Å². The molecule has 6 heteroatoms. The Kier molecular flexibility index (Phi) is 7.79. The molecule has 0 bridgehead atoms. The van der Waals surface area contributed by atoms with Gasteiger partial charge < -0.3 is 19.6 Å². The van der Waals surface area contributed by atoms with Crippen molar-refractivity contribution in [2.24, 2.45) is 0 Å². The highest BCUT2D eigenvalue weighted by atomic mass is 16.5. The van der Waals surface area contributed by atoms with Crippen LogP contribution in [-0.4, -0.2) is 58.9 Å². The van der Waals surface area contributed by atoms with Gasteiger partial charge in [0.05, 0.1) is 11.6 Å². The van der Waals surface area contributed by atoms with Crippen molar-refractivity contribution in [3.8, 4) is 5.75 Å². The molecular formula is C31H40N2O4. The molecule has 6 nitrogen and oxygen atoms in total. The van der Waals surface area contributed by atoms with E-state index in [0.717, 1.165) is 49.4 Å². The number of fused-ring (bicyclic) bond motifs is 1. The van der Waals surface area contributed by atoms with Crippen LogP contribution in [-0.2, 0) is 21.4 Å². The summed E-state index contributed by atoms with van der Waals surface area (Å²) in [5.74, 6) is -0.508. The fourth-order valence-corrected chi connectivity index (χ4v) is 5.35. The maximum Gasteiger partial charge on any atom is 0.295 e. The van der Waals surface area contributed by atoms with Gasteiger partial charge >= 0.3 is 0 Å². The number of nitrogens with zero attached hydrogens (tertiary/aromatic N) is 2. The molecular weight excluding hydrogens is 464 g/mol. The third-order valence-electron chi connectivity index (χ3n) is 7.57. The molecule has 1 saturated heterocycles. The highest BCUT2D eigenvalue weighted by molar-refractivity contribution is 6.46. The van der Waals surface area contributed by atoms with E-state index in [-0.39, 0.29) is 22.9 Å². The summed E-state index contributed by atoms with van der Waals surface area (Å²) in [5, 5.41) is 11.5. The van der Waals surface area contributed by atoms with Crippen molar-refractivity contribution in [3.05, 3.63) is 70.3 Å². The average molecular weight is 505 g/mol. The molecule has 198 valence electrons. The summed E-state index contributed by atoms with van der Waals surface area (Å²) in [7, 11) is 0. The first kappa shape index (κ1) is 26.9. The molecule has 0 aliphatic carbocycles. The topological polar surface area (TPSA) is 70.1 Å². The Hall–Kier alpha value is -3.12. The van der Waals surface area contributed by atoms with Gasteiger partial charge in [0.1, 0.15) is 17.6 Å². The number of amides is 1. The summed E-state index contributed by atoms with van der Waals surface area (Å²) >= 11 is 0. The molecule has 2 aromatic carbocycles. The summed E-state index contributed by atoms with van der Waals surface area (Å²) in [6.07, 6.45) is 1.57. The summed E-state index contributed by atoms with van der Waals surface area (Å²) in [4.78, 5) is 30.6. The SMILES string of the molecule is CCN(CC)CCCN1C(=O)C(=O)C(=C(O)c2ccc3c(c2)C[C@H](C)O3)[C@H]1c1ccc(C(C)(C)C)cc1. The minimum Gasteiger partial charge on any atom is -0.507 e. The molecule has 37 heavy (non-hydrogen) atoms. The molecule has 0 aromatic heterocycles. The Morgan fingerprint density at radius 1 is 1.08 bits per heavy atom. The fourth-order valence-electron chi connectivity index (χ4n) is 5.35. The van der Waals surface area contributed by atoms with E-state index in [1.807, 2.05) is 31.2 Å². The Morgan fingerprint density at radius 3 is 2.38 bits per heavy atom. The number of aliphatic hydroxyl groups excluding tert-OH is 1. The van der Waals surface area contributed by atoms with Crippen molar-refractivity contribution in [1.82, 2.24) is 9.80 Å². The molecule has 2 atom stereocenters. The van der Waals surface area contributed by atoms with E-state index in [1.165, 1.54) is 5.56 Å². The van der Waals surface area contributed by atoms with Gasteiger partial charge in [-0.25, -0.2) is 0 Å². The molecule has 1 fully saturated rings. The molecule has 2 aliphatic heterocycles. The third kappa shape index (κ3) is 5.45. The van der Waals surface area contributed by atoms with Crippen LogP contribution < -0.4 is 4.74 Å². The maximum absolute atomic E-state index is 13.4. The van der Waals surface area contributed by atoms with E-state index >= 15 is 0 Å². The van der Waals surface area contributed by atoms with Gasteiger partial charge in [0, 0.05) is 18.5 Å². The molecule has 2 heterocycles. The van der Waals surface area contributed by atoms with Crippen LogP contribution in [0, 0.1) is 0 Å². The van der Waals surface area contributed by atoms with Crippen LogP contribution in [0.2, 0.25) is 0 Å². The van der Waals surface area contributed by atoms with Crippen LogP contribution in [0.1, 0.15) is 76.3 Å². The van der Waals surface area contributed by atoms with Crippen LogP contribution >= 0.6 is 0 Å². The molecule has 0 unspecified atom stereocenters. The molecule has 2 aromatic rings. The van der Waals surface area contributed by atoms with E-state index < -0.39 is 17.7 Å². The number of benzene rings is 2. The number of likely N-dealkylation sites (tertiary alicyclic amines) is 1. The number of carbonyl (C=O) groups is 2. The standard InChI is InChI=1S/C31H40N2O4/c1-7-32(8-2)16-9-17-33-27(21-10-13-24(14-11-21)31(4,5)6)26(29(35)30(33)36)28(34)22-12-15-25-23(19-22)18-20(3)37-25/h10-15,19-20,27,34H,7-9,16-18H2,1-6H3/t20-,27+/m0/s1. The van der Waals surface area contributed by atoms with E-state index in [9.17, 15) is 14.7 Å². The minimum absolute atomic E-state index is 0.0201. The predicted octanol–water partition coefficient (Wildman–Crippen LogP) is 5.46. The quantitative estimate of drug-likeness (QED) is 0.294. The monoisotopic (exact) mass is 504 g/mol. The average Bonchev–Trinajstić information content (AvgIpc) is 3.36. The predicted molar refractivity (Wildman–Crippen MR) is 147 cm³/mol. The van der Waals surface area contributed by atoms with E-state index in [4.69, 9.17) is 4.74 Å². The summed E-state index contributed by atoms with van der Waals surface area (Å²) in [6, 6.07) is 12.9. The second-order valence-electron chi connectivity index (χ2n) is 11.2. The minimum atomic E-state index is -0.630. The number of rotatable bonds is 8. The molecule has 4 rings (SSSR count). The second-order valence-corrected chi connectivity index (χ2v) is 11.2. The van der Waals surface area contributed by atoms with Gasteiger partial charge in [-0.3, -0.25) is 9.59 Å². The zero-order valence-corrected chi connectivity index (χ0v) is 23.0. The van der Waals surface area contributed by atoms with E-state index in [0.29, 0.717) is 12.1 Å². The normalized spacial score (nSPS) is 21.0. The number of aliphatic hydroxyl groups is 1. The molecule has 2 aliphatic rings. The zero-order valence-electron chi connectivity index (χ0n) is 23.0. The molecule has 1 N–H and O–H groups in total. The van der Waals surface area contributed by atoms with Gasteiger partial charge in [-0.1, -0.05) is 58.9 Å². The first-order valence-electron chi connectivity index (χ1n) is 13.5. The van der Waals surface area contributed by atoms with Crippen molar-refractivity contribution in [2.75, 3.05) is 26.2 Å². The Balaban J connectivity index is 1.75. The number of hydrogen-bond donors (Lipinski definition) is 1. The number of ether oxygens (including phenoxy) is 1. The van der Waals surface area contributed by atoms with Crippen LogP contribution in [0.5, 0.6) is 5.75 Å². The molecule has 0 saturated carbocycles. The number of ketones is 1. The van der Waals surface area contributed by atoms with Crippen LogP contribution in [0.4, 0.5) is 0 Å². The van der Waals surface area contributed by atoms with Gasteiger partial charge in [0.25, 0.3) is 11.7 Å². The number of Topliss-reactive ketones (excluding diaryl/α,β-unsaturated/α-hetero) is 1. The lowest BCUT2D eigenvalue weighted by molar-refractivity contribution is -0.140. The van der Waals surface area contributed by atoms with Crippen LogP contribution in [0.25, 0.3) is 5.76 Å². The smallest absolute Gasteiger partial charge is 0.295 e. The lowest BCUT2D eigenvalue weighted by Crippen LogP contribution is -2.33. The molecule has 1 amide bonds. The number of hydrogen-bond acceptors (Lipinski definition) is 5. The Morgan fingerprint density at radius 2 is 1.76 bits per heavy atom. The van der Waals surface area contributed by atoms with Crippen molar-refractivity contribution >= 4 is 17.4 Å². The van der Waals surface area contributed by atoms with Crippen molar-refractivity contribution < 1.29 is 19.4 Å². The lowest BCUT2D eigenvalue weighted by Gasteiger charge is -2.27. The van der Waals surface area contributed by atoms with Crippen LogP contribution in [0.3, 0.4) is 0 Å². The lowest BCUT2D eigenvalue weighted by atomic mass is 9.85. The van der Waals surface area contributed by atoms with E-state index in [2.05, 4.69) is 51.7 Å². The van der Waals surface area contributed by atoms with Gasteiger partial charge in [-0.05, 0) is 73.3 Å². The zero-order chi connectivity index (χ0) is 26.9. The van der Waals surface area contributed by atoms with Gasteiger partial charge in [0.2, 0.25) is 0 Å². The van der Waals surface area contributed by atoms with Crippen LogP contribution in [0.15, 0.2) is 48.0 Å². The molecule has 0 radical (unpaired) electrons. The Bertz CT molecular complexity index is 1190. The summed E-state index contributed by atoms with van der Waals surface area (Å²) in [6.45, 7) is 15.9.